The summed E-state index contributed by atoms with van der Waals surface area (Å²) < 4.78 is 6.73. The number of carbonyl (C=O) groups is 1. The molecule has 3 rings (SSSR count). The standard InChI is InChI=1S/C21H20ClN5O2/c1-14(12-25-21(28)29-13-15-5-3-2-4-6-15)27-20(24)18(11-23)19(26-27)16-7-9-17(22)10-8-16/h2-10,14H,12-13,24H2,1H3,(H,25,28). The van der Waals surface area contributed by atoms with Crippen molar-refractivity contribution in [2.24, 2.45) is 0 Å². The van der Waals surface area contributed by atoms with Gasteiger partial charge in [-0.15, -0.1) is 0 Å². The second kappa shape index (κ2) is 9.13. The molecule has 1 heterocycles. The molecular weight excluding hydrogens is 390 g/mol. The van der Waals surface area contributed by atoms with Crippen LogP contribution in [0.15, 0.2) is 54.6 Å². The third-order valence-corrected chi connectivity index (χ3v) is 4.60. The Bertz CT molecular complexity index is 1030. The fraction of sp³-hybridized carbons (Fsp3) is 0.190. The number of halogens is 1. The van der Waals surface area contributed by atoms with E-state index in [0.29, 0.717) is 10.7 Å². The SMILES string of the molecule is CC(CNC(=O)OCc1ccccc1)n1nc(-c2ccc(Cl)cc2)c(C#N)c1N. The minimum Gasteiger partial charge on any atom is -0.445 e. The Hall–Kier alpha value is -3.50. The first-order chi connectivity index (χ1) is 14.0. The number of hydrogen-bond donors (Lipinski definition) is 2. The number of aromatic nitrogens is 2. The molecular formula is C21H20ClN5O2. The van der Waals surface area contributed by atoms with E-state index in [1.54, 1.807) is 24.3 Å². The minimum atomic E-state index is -0.537. The number of benzene rings is 2. The molecule has 1 aromatic heterocycles. The Morgan fingerprint density at radius 3 is 2.62 bits per heavy atom. The van der Waals surface area contributed by atoms with Gasteiger partial charge in [0.1, 0.15) is 29.8 Å². The van der Waals surface area contributed by atoms with Crippen molar-refractivity contribution in [1.82, 2.24) is 15.1 Å². The first-order valence-corrected chi connectivity index (χ1v) is 9.36. The summed E-state index contributed by atoms with van der Waals surface area (Å²) in [7, 11) is 0. The van der Waals surface area contributed by atoms with Crippen molar-refractivity contribution in [3.05, 3.63) is 70.7 Å². The van der Waals surface area contributed by atoms with Crippen LogP contribution in [-0.2, 0) is 11.3 Å². The van der Waals surface area contributed by atoms with Crippen molar-refractivity contribution in [1.29, 1.82) is 5.26 Å². The highest BCUT2D eigenvalue weighted by Gasteiger charge is 2.20. The van der Waals surface area contributed by atoms with E-state index < -0.39 is 6.09 Å². The van der Waals surface area contributed by atoms with Crippen LogP contribution in [0.3, 0.4) is 0 Å². The third-order valence-electron chi connectivity index (χ3n) is 4.35. The smallest absolute Gasteiger partial charge is 0.407 e. The number of nitrogens with two attached hydrogens (primary N) is 1. The molecule has 0 aliphatic carbocycles. The summed E-state index contributed by atoms with van der Waals surface area (Å²) in [5.41, 5.74) is 8.52. The molecule has 0 aliphatic heterocycles. The van der Waals surface area contributed by atoms with Gasteiger partial charge in [-0.2, -0.15) is 10.4 Å². The van der Waals surface area contributed by atoms with Gasteiger partial charge in [0.25, 0.3) is 0 Å². The molecule has 7 nitrogen and oxygen atoms in total. The van der Waals surface area contributed by atoms with E-state index in [1.807, 2.05) is 37.3 Å². The Morgan fingerprint density at radius 2 is 1.97 bits per heavy atom. The molecule has 2 aromatic carbocycles. The molecule has 0 saturated carbocycles. The van der Waals surface area contributed by atoms with Gasteiger partial charge in [0, 0.05) is 17.1 Å². The average Bonchev–Trinajstić information content (AvgIpc) is 3.08. The lowest BCUT2D eigenvalue weighted by Crippen LogP contribution is -2.30. The van der Waals surface area contributed by atoms with Crippen LogP contribution in [0.4, 0.5) is 10.6 Å². The highest BCUT2D eigenvalue weighted by molar-refractivity contribution is 6.30. The zero-order chi connectivity index (χ0) is 20.8. The number of anilines is 1. The van der Waals surface area contributed by atoms with Gasteiger partial charge in [-0.05, 0) is 24.6 Å². The first kappa shape index (κ1) is 20.2. The van der Waals surface area contributed by atoms with Crippen molar-refractivity contribution in [3.63, 3.8) is 0 Å². The van der Waals surface area contributed by atoms with E-state index in [4.69, 9.17) is 22.1 Å². The minimum absolute atomic E-state index is 0.185. The summed E-state index contributed by atoms with van der Waals surface area (Å²) >= 11 is 5.93. The summed E-state index contributed by atoms with van der Waals surface area (Å²) in [4.78, 5) is 12.0. The number of amides is 1. The number of carbonyl (C=O) groups excluding carboxylic acids is 1. The summed E-state index contributed by atoms with van der Waals surface area (Å²) in [6.07, 6.45) is -0.537. The number of nitrogens with zero attached hydrogens (tertiary/aromatic N) is 3. The van der Waals surface area contributed by atoms with Gasteiger partial charge in [-0.25, -0.2) is 9.48 Å². The predicted molar refractivity (Wildman–Crippen MR) is 111 cm³/mol. The predicted octanol–water partition coefficient (Wildman–Crippen LogP) is 4.14. The quantitative estimate of drug-likeness (QED) is 0.636. The topological polar surface area (TPSA) is 106 Å². The highest BCUT2D eigenvalue weighted by Crippen LogP contribution is 2.29. The lowest BCUT2D eigenvalue weighted by atomic mass is 10.1. The number of alkyl carbamates (subject to hydrolysis) is 1. The lowest BCUT2D eigenvalue weighted by Gasteiger charge is -2.15. The summed E-state index contributed by atoms with van der Waals surface area (Å²) in [6, 6.07) is 18.2. The molecule has 148 valence electrons. The summed E-state index contributed by atoms with van der Waals surface area (Å²) in [6.45, 7) is 2.27. The molecule has 0 aliphatic rings. The Labute approximate surface area is 173 Å². The molecule has 0 bridgehead atoms. The number of ether oxygens (including phenoxy) is 1. The van der Waals surface area contributed by atoms with Gasteiger partial charge in [-0.3, -0.25) is 0 Å². The van der Waals surface area contributed by atoms with Gasteiger partial charge in [0.15, 0.2) is 0 Å². The van der Waals surface area contributed by atoms with Crippen molar-refractivity contribution in [3.8, 4) is 17.3 Å². The first-order valence-electron chi connectivity index (χ1n) is 8.98. The van der Waals surface area contributed by atoms with Gasteiger partial charge in [0.05, 0.1) is 6.04 Å². The van der Waals surface area contributed by atoms with Gasteiger partial charge < -0.3 is 15.8 Å². The van der Waals surface area contributed by atoms with Crippen molar-refractivity contribution >= 4 is 23.5 Å². The molecule has 0 saturated heterocycles. The number of nitrogens with one attached hydrogen (secondary N) is 1. The maximum atomic E-state index is 12.0. The Balaban J connectivity index is 1.66. The molecule has 3 N–H and O–H groups in total. The fourth-order valence-electron chi connectivity index (χ4n) is 2.80. The second-order valence-electron chi connectivity index (χ2n) is 6.46. The summed E-state index contributed by atoms with van der Waals surface area (Å²) in [5.74, 6) is 0.240. The fourth-order valence-corrected chi connectivity index (χ4v) is 2.92. The maximum absolute atomic E-state index is 12.0. The molecule has 0 radical (unpaired) electrons. The normalized spacial score (nSPS) is 11.5. The summed E-state index contributed by atoms with van der Waals surface area (Å²) in [5, 5.41) is 17.3. The molecule has 1 atom stereocenters. The Kier molecular flexibility index (Phi) is 6.37. The zero-order valence-electron chi connectivity index (χ0n) is 15.8. The number of nitrogen functional groups attached to an aromatic ring is 1. The van der Waals surface area contributed by atoms with Crippen LogP contribution in [0.25, 0.3) is 11.3 Å². The van der Waals surface area contributed by atoms with Crippen LogP contribution < -0.4 is 11.1 Å². The largest absolute Gasteiger partial charge is 0.445 e. The average molecular weight is 410 g/mol. The van der Waals surface area contributed by atoms with Crippen LogP contribution in [0.5, 0.6) is 0 Å². The van der Waals surface area contributed by atoms with Crippen molar-refractivity contribution < 1.29 is 9.53 Å². The van der Waals surface area contributed by atoms with Gasteiger partial charge >= 0.3 is 6.09 Å². The molecule has 1 amide bonds. The van der Waals surface area contributed by atoms with Crippen molar-refractivity contribution in [2.75, 3.05) is 12.3 Å². The van der Waals surface area contributed by atoms with E-state index in [9.17, 15) is 10.1 Å². The van der Waals surface area contributed by atoms with Crippen molar-refractivity contribution in [2.45, 2.75) is 19.6 Å². The Morgan fingerprint density at radius 1 is 1.28 bits per heavy atom. The van der Waals surface area contributed by atoms with Gasteiger partial charge in [-0.1, -0.05) is 54.1 Å². The molecule has 8 heteroatoms. The molecule has 0 spiro atoms. The van der Waals surface area contributed by atoms with Crippen LogP contribution in [0.1, 0.15) is 24.1 Å². The van der Waals surface area contributed by atoms with Crippen LogP contribution in [0.2, 0.25) is 5.02 Å². The van der Waals surface area contributed by atoms with Gasteiger partial charge in [0.2, 0.25) is 0 Å². The molecule has 0 fully saturated rings. The van der Waals surface area contributed by atoms with E-state index in [2.05, 4.69) is 16.5 Å². The lowest BCUT2D eigenvalue weighted by molar-refractivity contribution is 0.138. The van der Waals surface area contributed by atoms with E-state index in [1.165, 1.54) is 4.68 Å². The van der Waals surface area contributed by atoms with Crippen LogP contribution in [-0.4, -0.2) is 22.4 Å². The van der Waals surface area contributed by atoms with E-state index >= 15 is 0 Å². The van der Waals surface area contributed by atoms with Crippen LogP contribution >= 0.6 is 11.6 Å². The monoisotopic (exact) mass is 409 g/mol. The van der Waals surface area contributed by atoms with Crippen LogP contribution in [0, 0.1) is 11.3 Å². The van der Waals surface area contributed by atoms with E-state index in [-0.39, 0.29) is 30.6 Å². The number of hydrogen-bond acceptors (Lipinski definition) is 5. The zero-order valence-corrected chi connectivity index (χ0v) is 16.6. The second-order valence-corrected chi connectivity index (χ2v) is 6.90. The number of rotatable bonds is 6. The maximum Gasteiger partial charge on any atom is 0.407 e. The molecule has 29 heavy (non-hydrogen) atoms. The third kappa shape index (κ3) is 4.86. The van der Waals surface area contributed by atoms with E-state index in [0.717, 1.165) is 11.1 Å². The molecule has 3 aromatic rings. The number of nitriles is 1. The molecule has 1 unspecified atom stereocenters. The highest BCUT2D eigenvalue weighted by atomic mass is 35.5.